The number of hydrogen-bond acceptors (Lipinski definition) is 0. The van der Waals surface area contributed by atoms with Gasteiger partial charge in [-0.3, -0.25) is 12.9 Å². The van der Waals surface area contributed by atoms with Gasteiger partial charge in [0, 0.05) is 0 Å². The summed E-state index contributed by atoms with van der Waals surface area (Å²) in [5.74, 6) is 0. The summed E-state index contributed by atoms with van der Waals surface area (Å²) in [6.45, 7) is 6.39. The maximum atomic E-state index is 9.67. The molecule has 1 aliphatic carbocycles. The molecule has 0 saturated heterocycles. The van der Waals surface area contributed by atoms with Gasteiger partial charge in [0.2, 0.25) is 0 Å². The summed E-state index contributed by atoms with van der Waals surface area (Å²) < 4.78 is 29.0. The van der Waals surface area contributed by atoms with Crippen LogP contribution in [0.4, 0.5) is 12.9 Å². The zero-order valence-corrected chi connectivity index (χ0v) is 18.3. The van der Waals surface area contributed by atoms with E-state index in [-0.39, 0.29) is 36.6 Å². The molecule has 0 N–H and O–H groups in total. The van der Waals surface area contributed by atoms with E-state index in [1.807, 2.05) is 36.4 Å². The van der Waals surface area contributed by atoms with Crippen molar-refractivity contribution >= 4 is 7.54 Å². The van der Waals surface area contributed by atoms with Gasteiger partial charge in [0.05, 0.1) is 0 Å². The van der Waals surface area contributed by atoms with Gasteiger partial charge in [-0.25, -0.2) is 0 Å². The summed E-state index contributed by atoms with van der Waals surface area (Å²) in [5, 5.41) is 0. The maximum Gasteiger partial charge on any atom is 3.00 e. The molecule has 0 atom stereocenters. The van der Waals surface area contributed by atoms with Gasteiger partial charge in [-0.1, -0.05) is 84.5 Å². The molecule has 0 aliphatic heterocycles. The van der Waals surface area contributed by atoms with Gasteiger partial charge in [0.25, 0.3) is 0 Å². The van der Waals surface area contributed by atoms with Gasteiger partial charge in [0.15, 0.2) is 0 Å². The molecule has 3 rings (SSSR count). The largest absolute Gasteiger partial charge is 3.00 e. The van der Waals surface area contributed by atoms with E-state index in [0.29, 0.717) is 0 Å². The first-order valence-electron chi connectivity index (χ1n) is 7.71. The quantitative estimate of drug-likeness (QED) is 0.322. The predicted octanol–water partition coefficient (Wildman–Crippen LogP) is 4.58. The van der Waals surface area contributed by atoms with Crippen molar-refractivity contribution in [2.24, 2.45) is 0 Å². The summed E-state index contributed by atoms with van der Waals surface area (Å²) in [6.07, 6.45) is 9.50. The van der Waals surface area contributed by atoms with Crippen LogP contribution >= 0.6 is 0 Å². The van der Waals surface area contributed by atoms with Crippen molar-refractivity contribution in [2.75, 3.05) is 0 Å². The summed E-state index contributed by atoms with van der Waals surface area (Å²) >= 11 is 0. The molecule has 0 spiro atoms. The van der Waals surface area contributed by atoms with E-state index < -0.39 is 7.54 Å². The minimum atomic E-state index is -3.67. The smallest absolute Gasteiger partial charge is 1.00 e. The first-order valence-corrected chi connectivity index (χ1v) is 7.71. The van der Waals surface area contributed by atoms with Crippen molar-refractivity contribution in [3.05, 3.63) is 110 Å². The third kappa shape index (κ3) is 26.5. The molecule has 0 saturated carbocycles. The van der Waals surface area contributed by atoms with E-state index in [1.54, 1.807) is 0 Å². The summed E-state index contributed by atoms with van der Waals surface area (Å²) in [7, 11) is -3.67. The van der Waals surface area contributed by atoms with Crippen LogP contribution in [0.3, 0.4) is 0 Å². The minimum absolute atomic E-state index is 0. The van der Waals surface area contributed by atoms with Gasteiger partial charge >= 0.3 is 24.6 Å². The Labute approximate surface area is 180 Å². The van der Waals surface area contributed by atoms with Crippen LogP contribution in [0.1, 0.15) is 23.1 Å². The Balaban J connectivity index is -0.0000000835. The third-order valence-electron chi connectivity index (χ3n) is 2.98. The number of rotatable bonds is 0. The number of halogens is 4. The average Bonchev–Trinajstić information content (AvgIpc) is 3.13. The topological polar surface area (TPSA) is 0 Å². The Kier molecular flexibility index (Phi) is 33.4. The number of hydrogen-bond donors (Lipinski definition) is 0. The summed E-state index contributed by atoms with van der Waals surface area (Å²) in [4.78, 5) is 0. The molecule has 1 aliphatic rings. The van der Waals surface area contributed by atoms with Gasteiger partial charge in [-0.05, 0) is 38.3 Å². The zero-order chi connectivity index (χ0) is 18.2. The van der Waals surface area contributed by atoms with Crippen LogP contribution in [0.25, 0.3) is 0 Å². The van der Waals surface area contributed by atoms with Crippen LogP contribution in [0.5, 0.6) is 0 Å². The number of allylic oxidation sites excluding steroid dienone is 4. The van der Waals surface area contributed by atoms with Gasteiger partial charge < -0.3 is 19.6 Å². The zero-order valence-electron chi connectivity index (χ0n) is 17.2. The molecular formula is C22H30BF4Fe. The molecule has 2 aromatic carbocycles. The molecule has 6 heteroatoms. The van der Waals surface area contributed by atoms with Crippen molar-refractivity contribution < 1.29 is 34.7 Å². The molecule has 0 bridgehead atoms. The SMILES string of the molecule is C1=CCC=C1.Cc1ccc(C)c(C)c1.FB(F)F.[CH3-].[CH3-].[F-].[Fe+3].c1ccccc1. The average molecular weight is 437 g/mol. The number of benzene rings is 2. The van der Waals surface area contributed by atoms with E-state index in [9.17, 15) is 12.9 Å². The molecule has 0 unspecified atom stereocenters. The van der Waals surface area contributed by atoms with Crippen LogP contribution < -0.4 is 4.70 Å². The Hall–Kier alpha value is -1.78. The molecule has 0 fully saturated rings. The van der Waals surface area contributed by atoms with Crippen molar-refractivity contribution in [3.8, 4) is 0 Å². The van der Waals surface area contributed by atoms with Gasteiger partial charge in [-0.2, -0.15) is 0 Å². The van der Waals surface area contributed by atoms with Crippen LogP contribution in [-0.2, 0) is 17.1 Å². The Bertz CT molecular complexity index is 563. The Morgan fingerprint density at radius 3 is 1.29 bits per heavy atom. The Morgan fingerprint density at radius 1 is 0.714 bits per heavy atom. The molecular weight excluding hydrogens is 407 g/mol. The van der Waals surface area contributed by atoms with E-state index >= 15 is 0 Å². The fraction of sp³-hybridized carbons (Fsp3) is 0.182. The van der Waals surface area contributed by atoms with E-state index in [4.69, 9.17) is 0 Å². The molecule has 2 aromatic rings. The molecule has 1 radical (unpaired) electrons. The minimum Gasteiger partial charge on any atom is -1.00 e. The van der Waals surface area contributed by atoms with Crippen LogP contribution in [0.2, 0.25) is 0 Å². The second-order valence-electron chi connectivity index (χ2n) is 5.08. The fourth-order valence-corrected chi connectivity index (χ4v) is 1.67. The molecule has 28 heavy (non-hydrogen) atoms. The second kappa shape index (κ2) is 25.2. The van der Waals surface area contributed by atoms with Crippen molar-refractivity contribution in [2.45, 2.75) is 27.2 Å². The maximum absolute atomic E-state index is 9.67. The second-order valence-corrected chi connectivity index (χ2v) is 5.08. The standard InChI is InChI=1S/C9H12.C6H6.C5H6.2CH3.BF3.FH.Fe/c1-7-4-5-8(2)9(3)6-7;1-2-4-6-5-3-1;1-2-4-5-3-1;;;2-1(3)4;;/h4-6H,1-3H3;1-6H;1-4H,5H2;2*1H3;;1H;/q;;;2*-1;;;+3/p-1. The van der Waals surface area contributed by atoms with Crippen molar-refractivity contribution in [3.63, 3.8) is 0 Å². The first kappa shape index (κ1) is 37.0. The van der Waals surface area contributed by atoms with E-state index in [2.05, 4.69) is 63.3 Å². The fourth-order valence-electron chi connectivity index (χ4n) is 1.67. The van der Waals surface area contributed by atoms with E-state index in [1.165, 1.54) is 16.7 Å². The third-order valence-corrected chi connectivity index (χ3v) is 2.98. The molecule has 0 heterocycles. The summed E-state index contributed by atoms with van der Waals surface area (Å²) in [6, 6.07) is 18.5. The molecule has 0 aromatic heterocycles. The van der Waals surface area contributed by atoms with E-state index in [0.717, 1.165) is 6.42 Å². The van der Waals surface area contributed by atoms with Crippen molar-refractivity contribution in [1.82, 2.24) is 0 Å². The first-order chi connectivity index (χ1) is 11.4. The van der Waals surface area contributed by atoms with Gasteiger partial charge in [-0.15, -0.1) is 0 Å². The van der Waals surface area contributed by atoms with Crippen LogP contribution in [0, 0.1) is 35.6 Å². The molecule has 157 valence electrons. The predicted molar refractivity (Wildman–Crippen MR) is 112 cm³/mol. The molecule has 0 amide bonds. The number of aryl methyl sites for hydroxylation is 3. The summed E-state index contributed by atoms with van der Waals surface area (Å²) in [5.41, 5.74) is 4.11. The van der Waals surface area contributed by atoms with Gasteiger partial charge in [0.1, 0.15) is 0 Å². The van der Waals surface area contributed by atoms with Crippen LogP contribution in [0.15, 0.2) is 78.9 Å². The monoisotopic (exact) mass is 437 g/mol. The Morgan fingerprint density at radius 2 is 1.07 bits per heavy atom. The molecule has 0 nitrogen and oxygen atoms in total. The van der Waals surface area contributed by atoms with Crippen LogP contribution in [-0.4, -0.2) is 7.54 Å². The normalized spacial score (nSPS) is 8.93. The van der Waals surface area contributed by atoms with Crippen molar-refractivity contribution in [1.29, 1.82) is 0 Å².